The highest BCUT2D eigenvalue weighted by atomic mass is 16.5. The molecule has 2 rings (SSSR count). The quantitative estimate of drug-likeness (QED) is 0.604. The number of nitrogens with two attached hydrogens (primary N) is 1. The third-order valence-corrected chi connectivity index (χ3v) is 2.98. The SMILES string of the molecule is CCC1CN(c2cccnc2C(=N)N)CCO1. The molecule has 1 unspecified atom stereocenters. The normalized spacial score (nSPS) is 20.3. The highest BCUT2D eigenvalue weighted by Gasteiger charge is 2.21. The summed E-state index contributed by atoms with van der Waals surface area (Å²) >= 11 is 0. The molecule has 92 valence electrons. The number of nitrogens with zero attached hydrogens (tertiary/aromatic N) is 2. The van der Waals surface area contributed by atoms with Gasteiger partial charge in [-0.3, -0.25) is 10.4 Å². The van der Waals surface area contributed by atoms with Crippen LogP contribution in [0.15, 0.2) is 18.3 Å². The number of rotatable bonds is 3. The number of pyridine rings is 1. The summed E-state index contributed by atoms with van der Waals surface area (Å²) in [5.74, 6) is 0.0140. The number of nitrogen functional groups attached to an aromatic ring is 1. The molecule has 1 aliphatic rings. The van der Waals surface area contributed by atoms with Crippen LogP contribution in [0.2, 0.25) is 0 Å². The van der Waals surface area contributed by atoms with Crippen molar-refractivity contribution in [3.63, 3.8) is 0 Å². The van der Waals surface area contributed by atoms with Crippen LogP contribution in [-0.4, -0.2) is 36.6 Å². The van der Waals surface area contributed by atoms with Crippen molar-refractivity contribution in [1.29, 1.82) is 5.41 Å². The first kappa shape index (κ1) is 11.9. The van der Waals surface area contributed by atoms with Crippen molar-refractivity contribution in [3.8, 4) is 0 Å². The highest BCUT2D eigenvalue weighted by Crippen LogP contribution is 2.21. The predicted molar refractivity (Wildman–Crippen MR) is 67.5 cm³/mol. The van der Waals surface area contributed by atoms with Gasteiger partial charge in [0.25, 0.3) is 0 Å². The molecule has 1 atom stereocenters. The van der Waals surface area contributed by atoms with Gasteiger partial charge in [-0.2, -0.15) is 0 Å². The number of hydrogen-bond donors (Lipinski definition) is 2. The van der Waals surface area contributed by atoms with Gasteiger partial charge in [0.05, 0.1) is 18.4 Å². The zero-order valence-electron chi connectivity index (χ0n) is 10.0. The van der Waals surface area contributed by atoms with E-state index in [2.05, 4.69) is 16.8 Å². The van der Waals surface area contributed by atoms with E-state index < -0.39 is 0 Å². The Morgan fingerprint density at radius 2 is 2.53 bits per heavy atom. The first-order valence-electron chi connectivity index (χ1n) is 5.88. The first-order valence-corrected chi connectivity index (χ1v) is 5.88. The van der Waals surface area contributed by atoms with Gasteiger partial charge in [0, 0.05) is 19.3 Å². The molecule has 1 fully saturated rings. The van der Waals surface area contributed by atoms with Gasteiger partial charge in [-0.15, -0.1) is 0 Å². The van der Waals surface area contributed by atoms with Crippen LogP contribution in [0.25, 0.3) is 0 Å². The second-order valence-electron chi connectivity index (χ2n) is 4.13. The van der Waals surface area contributed by atoms with Gasteiger partial charge >= 0.3 is 0 Å². The molecule has 0 bridgehead atoms. The standard InChI is InChI=1S/C12H18N4O/c1-2-9-8-16(6-7-17-9)10-4-3-5-15-11(10)12(13)14/h3-5,9H,2,6-8H2,1H3,(H3,13,14). The lowest BCUT2D eigenvalue weighted by atomic mass is 10.2. The molecular formula is C12H18N4O. The van der Waals surface area contributed by atoms with Gasteiger partial charge in [0.2, 0.25) is 0 Å². The molecule has 0 amide bonds. The summed E-state index contributed by atoms with van der Waals surface area (Å²) in [5, 5.41) is 7.55. The molecule has 2 heterocycles. The molecule has 5 nitrogen and oxygen atoms in total. The van der Waals surface area contributed by atoms with E-state index in [0.29, 0.717) is 12.3 Å². The van der Waals surface area contributed by atoms with Crippen LogP contribution in [0.4, 0.5) is 5.69 Å². The zero-order valence-corrected chi connectivity index (χ0v) is 10.0. The van der Waals surface area contributed by atoms with Crippen LogP contribution in [-0.2, 0) is 4.74 Å². The second-order valence-corrected chi connectivity index (χ2v) is 4.13. The Hall–Kier alpha value is -1.62. The minimum Gasteiger partial charge on any atom is -0.382 e. The second kappa shape index (κ2) is 5.14. The maximum absolute atomic E-state index is 7.55. The smallest absolute Gasteiger partial charge is 0.143 e. The molecule has 0 aliphatic carbocycles. The Labute approximate surface area is 101 Å². The maximum Gasteiger partial charge on any atom is 0.143 e. The third kappa shape index (κ3) is 2.55. The van der Waals surface area contributed by atoms with E-state index in [1.54, 1.807) is 6.20 Å². The Morgan fingerprint density at radius 3 is 3.24 bits per heavy atom. The van der Waals surface area contributed by atoms with Crippen molar-refractivity contribution in [2.45, 2.75) is 19.4 Å². The number of aromatic nitrogens is 1. The number of ether oxygens (including phenoxy) is 1. The molecule has 1 aromatic rings. The monoisotopic (exact) mass is 234 g/mol. The van der Waals surface area contributed by atoms with E-state index in [-0.39, 0.29) is 11.9 Å². The summed E-state index contributed by atoms with van der Waals surface area (Å²) in [6.45, 7) is 4.49. The van der Waals surface area contributed by atoms with Crippen molar-refractivity contribution < 1.29 is 4.74 Å². The summed E-state index contributed by atoms with van der Waals surface area (Å²) < 4.78 is 5.63. The van der Waals surface area contributed by atoms with Crippen molar-refractivity contribution in [2.24, 2.45) is 5.73 Å². The van der Waals surface area contributed by atoms with Gasteiger partial charge in [-0.05, 0) is 18.6 Å². The van der Waals surface area contributed by atoms with E-state index in [1.165, 1.54) is 0 Å². The fourth-order valence-electron chi connectivity index (χ4n) is 2.04. The zero-order chi connectivity index (χ0) is 12.3. The van der Waals surface area contributed by atoms with E-state index in [9.17, 15) is 0 Å². The Balaban J connectivity index is 2.24. The topological polar surface area (TPSA) is 75.2 Å². The molecule has 17 heavy (non-hydrogen) atoms. The molecule has 1 saturated heterocycles. The molecule has 3 N–H and O–H groups in total. The number of amidine groups is 1. The van der Waals surface area contributed by atoms with E-state index in [1.807, 2.05) is 12.1 Å². The molecule has 5 heteroatoms. The number of nitrogens with one attached hydrogen (secondary N) is 1. The third-order valence-electron chi connectivity index (χ3n) is 2.98. The van der Waals surface area contributed by atoms with Gasteiger partial charge in [-0.25, -0.2) is 0 Å². The van der Waals surface area contributed by atoms with Crippen LogP contribution in [0.3, 0.4) is 0 Å². The molecule has 0 radical (unpaired) electrons. The van der Waals surface area contributed by atoms with Crippen LogP contribution < -0.4 is 10.6 Å². The summed E-state index contributed by atoms with van der Waals surface area (Å²) in [5.41, 5.74) is 7.04. The van der Waals surface area contributed by atoms with Crippen LogP contribution >= 0.6 is 0 Å². The van der Waals surface area contributed by atoms with Gasteiger partial charge in [-0.1, -0.05) is 6.92 Å². The summed E-state index contributed by atoms with van der Waals surface area (Å²) in [4.78, 5) is 6.37. The molecule has 0 saturated carbocycles. The largest absolute Gasteiger partial charge is 0.382 e. The molecule has 0 spiro atoms. The maximum atomic E-state index is 7.55. The minimum atomic E-state index is 0.0140. The van der Waals surface area contributed by atoms with Gasteiger partial charge in [0.1, 0.15) is 11.5 Å². The molecule has 1 aliphatic heterocycles. The molecule has 1 aromatic heterocycles. The van der Waals surface area contributed by atoms with E-state index >= 15 is 0 Å². The van der Waals surface area contributed by atoms with Gasteiger partial charge < -0.3 is 15.4 Å². The minimum absolute atomic E-state index is 0.0140. The number of anilines is 1. The van der Waals surface area contributed by atoms with Crippen LogP contribution in [0.1, 0.15) is 19.0 Å². The fraction of sp³-hybridized carbons (Fsp3) is 0.500. The van der Waals surface area contributed by atoms with E-state index in [4.69, 9.17) is 15.9 Å². The van der Waals surface area contributed by atoms with Crippen molar-refractivity contribution in [1.82, 2.24) is 4.98 Å². The fourth-order valence-corrected chi connectivity index (χ4v) is 2.04. The first-order chi connectivity index (χ1) is 8.22. The van der Waals surface area contributed by atoms with E-state index in [0.717, 1.165) is 25.2 Å². The number of hydrogen-bond acceptors (Lipinski definition) is 4. The summed E-state index contributed by atoms with van der Waals surface area (Å²) in [6, 6.07) is 3.83. The Bertz CT molecular complexity index is 407. The Kier molecular flexibility index (Phi) is 3.58. The predicted octanol–water partition coefficient (Wildman–Crippen LogP) is 0.981. The van der Waals surface area contributed by atoms with Gasteiger partial charge in [0.15, 0.2) is 0 Å². The lowest BCUT2D eigenvalue weighted by molar-refractivity contribution is 0.0384. The lowest BCUT2D eigenvalue weighted by Gasteiger charge is -2.34. The lowest BCUT2D eigenvalue weighted by Crippen LogP contribution is -2.43. The number of morpholine rings is 1. The highest BCUT2D eigenvalue weighted by molar-refractivity contribution is 5.98. The average Bonchev–Trinajstić information content (AvgIpc) is 2.39. The van der Waals surface area contributed by atoms with Crippen LogP contribution in [0, 0.1) is 5.41 Å². The molecular weight excluding hydrogens is 216 g/mol. The Morgan fingerprint density at radius 1 is 1.71 bits per heavy atom. The van der Waals surface area contributed by atoms with Crippen molar-refractivity contribution in [2.75, 3.05) is 24.6 Å². The van der Waals surface area contributed by atoms with Crippen molar-refractivity contribution >= 4 is 11.5 Å². The summed E-state index contributed by atoms with van der Waals surface area (Å²) in [6.07, 6.45) is 2.91. The average molecular weight is 234 g/mol. The molecule has 0 aromatic carbocycles. The van der Waals surface area contributed by atoms with Crippen molar-refractivity contribution in [3.05, 3.63) is 24.0 Å². The summed E-state index contributed by atoms with van der Waals surface area (Å²) in [7, 11) is 0. The van der Waals surface area contributed by atoms with Crippen LogP contribution in [0.5, 0.6) is 0 Å².